The van der Waals surface area contributed by atoms with Crippen LogP contribution in [-0.4, -0.2) is 5.11 Å². The third-order valence-electron chi connectivity index (χ3n) is 3.02. The molecule has 0 spiro atoms. The number of benzene rings is 2. The van der Waals surface area contributed by atoms with Gasteiger partial charge in [0, 0.05) is 16.4 Å². The second-order valence-electron chi connectivity index (χ2n) is 4.86. The van der Waals surface area contributed by atoms with E-state index in [-0.39, 0.29) is 0 Å². The number of halogens is 1. The van der Waals surface area contributed by atoms with Crippen LogP contribution in [0.1, 0.15) is 16.7 Å². The van der Waals surface area contributed by atoms with Gasteiger partial charge in [-0.05, 0) is 68.4 Å². The Morgan fingerprint density at radius 3 is 2.05 bits per heavy atom. The summed E-state index contributed by atoms with van der Waals surface area (Å²) < 4.78 is 0. The highest BCUT2D eigenvalue weighted by atomic mass is 35.5. The van der Waals surface area contributed by atoms with Gasteiger partial charge in [0.25, 0.3) is 0 Å². The number of hydrogen-bond donors (Lipinski definition) is 2. The van der Waals surface area contributed by atoms with E-state index in [4.69, 9.17) is 23.8 Å². The third kappa shape index (κ3) is 3.71. The number of hydrogen-bond acceptors (Lipinski definition) is 1. The minimum atomic E-state index is 0.572. The van der Waals surface area contributed by atoms with Gasteiger partial charge in [0.15, 0.2) is 5.11 Å². The number of anilines is 2. The minimum absolute atomic E-state index is 0.572. The Morgan fingerprint density at radius 2 is 1.50 bits per heavy atom. The summed E-state index contributed by atoms with van der Waals surface area (Å²) in [5.41, 5.74) is 5.59. The van der Waals surface area contributed by atoms with Crippen molar-refractivity contribution in [2.24, 2.45) is 0 Å². The lowest BCUT2D eigenvalue weighted by Gasteiger charge is -2.15. The van der Waals surface area contributed by atoms with Gasteiger partial charge >= 0.3 is 0 Å². The molecule has 0 fully saturated rings. The molecule has 2 nitrogen and oxygen atoms in total. The molecule has 0 atom stereocenters. The molecule has 104 valence electrons. The number of rotatable bonds is 2. The molecule has 0 aliphatic rings. The molecule has 0 amide bonds. The van der Waals surface area contributed by atoms with E-state index in [0.717, 1.165) is 11.4 Å². The zero-order valence-corrected chi connectivity index (χ0v) is 13.3. The van der Waals surface area contributed by atoms with E-state index in [2.05, 4.69) is 43.5 Å². The molecule has 0 aliphatic heterocycles. The van der Waals surface area contributed by atoms with Gasteiger partial charge in [0.05, 0.1) is 0 Å². The van der Waals surface area contributed by atoms with Crippen molar-refractivity contribution in [1.29, 1.82) is 0 Å². The van der Waals surface area contributed by atoms with Gasteiger partial charge in [-0.1, -0.05) is 29.3 Å². The molecule has 2 aromatic rings. The molecule has 4 heteroatoms. The normalized spacial score (nSPS) is 10.2. The molecule has 0 aromatic heterocycles. The van der Waals surface area contributed by atoms with Crippen molar-refractivity contribution in [3.8, 4) is 0 Å². The summed E-state index contributed by atoms with van der Waals surface area (Å²) in [6, 6.07) is 11.7. The van der Waals surface area contributed by atoms with Gasteiger partial charge in [0.1, 0.15) is 0 Å². The number of nitrogens with one attached hydrogen (secondary N) is 2. The predicted octanol–water partition coefficient (Wildman–Crippen LogP) is 5.07. The predicted molar refractivity (Wildman–Crippen MR) is 91.9 cm³/mol. The third-order valence-corrected chi connectivity index (χ3v) is 3.47. The van der Waals surface area contributed by atoms with Crippen LogP contribution in [-0.2, 0) is 0 Å². The quantitative estimate of drug-likeness (QED) is 0.757. The van der Waals surface area contributed by atoms with Crippen LogP contribution in [0.3, 0.4) is 0 Å². The molecule has 0 saturated carbocycles. The van der Waals surface area contributed by atoms with Gasteiger partial charge in [-0.2, -0.15) is 0 Å². The standard InChI is InChI=1S/C16H17ClN2S/c1-10-8-11(2)15(12(3)9-10)19-16(20)18-14-6-4-13(17)5-7-14/h4-9H,1-3H3,(H2,18,19,20). The topological polar surface area (TPSA) is 24.1 Å². The van der Waals surface area contributed by atoms with Gasteiger partial charge in [0.2, 0.25) is 0 Å². The fourth-order valence-corrected chi connectivity index (χ4v) is 2.53. The lowest BCUT2D eigenvalue weighted by atomic mass is 10.1. The van der Waals surface area contributed by atoms with Crippen LogP contribution in [0.25, 0.3) is 0 Å². The van der Waals surface area contributed by atoms with E-state index in [1.54, 1.807) is 0 Å². The van der Waals surface area contributed by atoms with Crippen molar-refractivity contribution in [3.05, 3.63) is 58.1 Å². The van der Waals surface area contributed by atoms with E-state index in [1.807, 2.05) is 24.3 Å². The lowest BCUT2D eigenvalue weighted by Crippen LogP contribution is -2.20. The van der Waals surface area contributed by atoms with Crippen LogP contribution in [0.15, 0.2) is 36.4 Å². The monoisotopic (exact) mass is 304 g/mol. The smallest absolute Gasteiger partial charge is 0.175 e. The van der Waals surface area contributed by atoms with Crippen LogP contribution in [0, 0.1) is 20.8 Å². The van der Waals surface area contributed by atoms with E-state index < -0.39 is 0 Å². The molecule has 2 rings (SSSR count). The van der Waals surface area contributed by atoms with Crippen LogP contribution in [0.4, 0.5) is 11.4 Å². The summed E-state index contributed by atoms with van der Waals surface area (Å²) >= 11 is 11.2. The zero-order chi connectivity index (χ0) is 14.7. The fourth-order valence-electron chi connectivity index (χ4n) is 2.19. The molecular weight excluding hydrogens is 288 g/mol. The van der Waals surface area contributed by atoms with Gasteiger partial charge in [-0.3, -0.25) is 0 Å². The molecule has 0 aliphatic carbocycles. The number of thiocarbonyl (C=S) groups is 1. The first-order valence-corrected chi connectivity index (χ1v) is 7.16. The zero-order valence-electron chi connectivity index (χ0n) is 11.8. The largest absolute Gasteiger partial charge is 0.332 e. The van der Waals surface area contributed by atoms with Crippen LogP contribution >= 0.6 is 23.8 Å². The maximum atomic E-state index is 5.86. The van der Waals surface area contributed by atoms with Crippen molar-refractivity contribution in [2.75, 3.05) is 10.6 Å². The Bertz CT molecular complexity index is 612. The van der Waals surface area contributed by atoms with Gasteiger partial charge < -0.3 is 10.6 Å². The second kappa shape index (κ2) is 6.25. The first-order valence-electron chi connectivity index (χ1n) is 6.37. The Labute approximate surface area is 130 Å². The summed E-state index contributed by atoms with van der Waals surface area (Å²) in [5, 5.41) is 7.68. The molecule has 2 N–H and O–H groups in total. The molecule has 0 radical (unpaired) electrons. The van der Waals surface area contributed by atoms with Crippen molar-refractivity contribution >= 4 is 40.3 Å². The van der Waals surface area contributed by atoms with Crippen LogP contribution in [0.5, 0.6) is 0 Å². The molecular formula is C16H17ClN2S. The fraction of sp³-hybridized carbons (Fsp3) is 0.188. The van der Waals surface area contributed by atoms with E-state index >= 15 is 0 Å². The second-order valence-corrected chi connectivity index (χ2v) is 5.70. The van der Waals surface area contributed by atoms with Crippen LogP contribution < -0.4 is 10.6 Å². The van der Waals surface area contributed by atoms with E-state index in [9.17, 15) is 0 Å². The van der Waals surface area contributed by atoms with Crippen molar-refractivity contribution in [2.45, 2.75) is 20.8 Å². The SMILES string of the molecule is Cc1cc(C)c(NC(=S)Nc2ccc(Cl)cc2)c(C)c1. The number of aryl methyl sites for hydroxylation is 3. The molecule has 20 heavy (non-hydrogen) atoms. The highest BCUT2D eigenvalue weighted by Crippen LogP contribution is 2.22. The highest BCUT2D eigenvalue weighted by Gasteiger charge is 2.06. The first-order chi connectivity index (χ1) is 9.45. The van der Waals surface area contributed by atoms with Crippen LogP contribution in [0.2, 0.25) is 5.02 Å². The summed E-state index contributed by atoms with van der Waals surface area (Å²) in [6.45, 7) is 6.24. The average molecular weight is 305 g/mol. The summed E-state index contributed by atoms with van der Waals surface area (Å²) in [4.78, 5) is 0. The van der Waals surface area contributed by atoms with Crippen molar-refractivity contribution in [1.82, 2.24) is 0 Å². The molecule has 0 unspecified atom stereocenters. The Morgan fingerprint density at radius 1 is 0.950 bits per heavy atom. The molecule has 0 bridgehead atoms. The minimum Gasteiger partial charge on any atom is -0.332 e. The highest BCUT2D eigenvalue weighted by molar-refractivity contribution is 7.80. The first kappa shape index (κ1) is 14.8. The van der Waals surface area contributed by atoms with Crippen molar-refractivity contribution in [3.63, 3.8) is 0 Å². The van der Waals surface area contributed by atoms with Gasteiger partial charge in [-0.15, -0.1) is 0 Å². The maximum Gasteiger partial charge on any atom is 0.175 e. The van der Waals surface area contributed by atoms with Gasteiger partial charge in [-0.25, -0.2) is 0 Å². The Hall–Kier alpha value is -1.58. The Kier molecular flexibility index (Phi) is 4.63. The summed E-state index contributed by atoms with van der Waals surface area (Å²) in [7, 11) is 0. The maximum absolute atomic E-state index is 5.86. The molecule has 2 aromatic carbocycles. The summed E-state index contributed by atoms with van der Waals surface area (Å²) in [5.74, 6) is 0. The molecule has 0 saturated heterocycles. The van der Waals surface area contributed by atoms with E-state index in [1.165, 1.54) is 16.7 Å². The summed E-state index contributed by atoms with van der Waals surface area (Å²) in [6.07, 6.45) is 0. The Balaban J connectivity index is 2.10. The average Bonchev–Trinajstić information content (AvgIpc) is 2.36. The van der Waals surface area contributed by atoms with Crippen molar-refractivity contribution < 1.29 is 0 Å². The van der Waals surface area contributed by atoms with E-state index in [0.29, 0.717) is 10.1 Å². The molecule has 0 heterocycles. The lowest BCUT2D eigenvalue weighted by molar-refractivity contribution is 1.32.